The molecule has 6 heteroatoms. The number of hydrogen-bond donors (Lipinski definition) is 3. The highest BCUT2D eigenvalue weighted by molar-refractivity contribution is 6.30. The monoisotopic (exact) mass is 326 g/mol. The van der Waals surface area contributed by atoms with Gasteiger partial charge >= 0.3 is 0 Å². The second kappa shape index (κ2) is 8.76. The van der Waals surface area contributed by atoms with E-state index in [9.17, 15) is 9.59 Å². The summed E-state index contributed by atoms with van der Waals surface area (Å²) >= 11 is 5.79. The minimum atomic E-state index is -0.635. The Labute approximate surface area is 136 Å². The molecule has 2 unspecified atom stereocenters. The molecular formula is C16H23ClN2O3. The highest BCUT2D eigenvalue weighted by atomic mass is 35.5. The van der Waals surface area contributed by atoms with Gasteiger partial charge in [0.05, 0.1) is 0 Å². The van der Waals surface area contributed by atoms with Crippen molar-refractivity contribution in [2.45, 2.75) is 39.3 Å². The summed E-state index contributed by atoms with van der Waals surface area (Å²) in [6, 6.07) is 5.70. The van der Waals surface area contributed by atoms with Gasteiger partial charge in [-0.3, -0.25) is 9.59 Å². The number of hydrogen-bond acceptors (Lipinski definition) is 3. The summed E-state index contributed by atoms with van der Waals surface area (Å²) in [5.41, 5.74) is 0.450. The Morgan fingerprint density at radius 3 is 2.23 bits per heavy atom. The number of benzene rings is 1. The van der Waals surface area contributed by atoms with Crippen LogP contribution in [0.5, 0.6) is 0 Å². The fourth-order valence-electron chi connectivity index (χ4n) is 1.96. The summed E-state index contributed by atoms with van der Waals surface area (Å²) < 4.78 is 0. The van der Waals surface area contributed by atoms with Crippen molar-refractivity contribution in [3.8, 4) is 0 Å². The molecule has 2 amide bonds. The van der Waals surface area contributed by atoms with Gasteiger partial charge in [-0.2, -0.15) is 0 Å². The minimum Gasteiger partial charge on any atom is -0.396 e. The maximum absolute atomic E-state index is 12.3. The van der Waals surface area contributed by atoms with Crippen molar-refractivity contribution in [3.05, 3.63) is 34.9 Å². The lowest BCUT2D eigenvalue weighted by Gasteiger charge is -2.24. The van der Waals surface area contributed by atoms with Crippen LogP contribution in [0.25, 0.3) is 0 Å². The van der Waals surface area contributed by atoms with Crippen molar-refractivity contribution in [3.63, 3.8) is 0 Å². The molecule has 1 aromatic rings. The Morgan fingerprint density at radius 1 is 1.14 bits per heavy atom. The predicted octanol–water partition coefficient (Wildman–Crippen LogP) is 1.98. The van der Waals surface area contributed by atoms with E-state index >= 15 is 0 Å². The number of carbonyl (C=O) groups excluding carboxylic acids is 2. The van der Waals surface area contributed by atoms with Gasteiger partial charge in [-0.05, 0) is 43.5 Å². The smallest absolute Gasteiger partial charge is 0.251 e. The van der Waals surface area contributed by atoms with Crippen molar-refractivity contribution in [2.24, 2.45) is 5.92 Å². The van der Waals surface area contributed by atoms with E-state index in [0.717, 1.165) is 0 Å². The lowest BCUT2D eigenvalue weighted by Crippen LogP contribution is -2.51. The Balaban J connectivity index is 2.73. The van der Waals surface area contributed by atoms with Crippen LogP contribution >= 0.6 is 11.6 Å². The molecule has 0 bridgehead atoms. The van der Waals surface area contributed by atoms with Crippen molar-refractivity contribution in [2.75, 3.05) is 6.61 Å². The largest absolute Gasteiger partial charge is 0.396 e. The van der Waals surface area contributed by atoms with Gasteiger partial charge in [-0.15, -0.1) is 0 Å². The third kappa shape index (κ3) is 5.66. The maximum Gasteiger partial charge on any atom is 0.251 e. The fourth-order valence-corrected chi connectivity index (χ4v) is 2.09. The van der Waals surface area contributed by atoms with Crippen molar-refractivity contribution in [1.29, 1.82) is 0 Å². The number of aliphatic hydroxyl groups is 1. The Hall–Kier alpha value is -1.59. The van der Waals surface area contributed by atoms with E-state index in [-0.39, 0.29) is 30.4 Å². The summed E-state index contributed by atoms with van der Waals surface area (Å²) in [5.74, 6) is -0.629. The molecule has 0 fully saturated rings. The van der Waals surface area contributed by atoms with E-state index in [1.165, 1.54) is 0 Å². The summed E-state index contributed by atoms with van der Waals surface area (Å²) in [4.78, 5) is 24.5. The van der Waals surface area contributed by atoms with Crippen molar-refractivity contribution < 1.29 is 14.7 Å². The van der Waals surface area contributed by atoms with Gasteiger partial charge in [0.15, 0.2) is 0 Å². The molecule has 22 heavy (non-hydrogen) atoms. The van der Waals surface area contributed by atoms with Gasteiger partial charge < -0.3 is 15.7 Å². The highest BCUT2D eigenvalue weighted by Crippen LogP contribution is 2.11. The zero-order valence-electron chi connectivity index (χ0n) is 13.1. The highest BCUT2D eigenvalue weighted by Gasteiger charge is 2.25. The van der Waals surface area contributed by atoms with Gasteiger partial charge in [-0.25, -0.2) is 0 Å². The minimum absolute atomic E-state index is 0.00489. The summed E-state index contributed by atoms with van der Waals surface area (Å²) in [7, 11) is 0. The van der Waals surface area contributed by atoms with Crippen LogP contribution in [0.2, 0.25) is 5.02 Å². The van der Waals surface area contributed by atoms with E-state index in [2.05, 4.69) is 10.6 Å². The third-order valence-electron chi connectivity index (χ3n) is 3.29. The standard InChI is InChI=1S/C16H23ClN2O3/c1-10(2)14(16(22)18-11(3)8-9-20)19-15(21)12-4-6-13(17)7-5-12/h4-7,10-11,14,20H,8-9H2,1-3H3,(H,18,22)(H,19,21). The average Bonchev–Trinajstić information content (AvgIpc) is 2.44. The van der Waals surface area contributed by atoms with Crippen LogP contribution in [0.15, 0.2) is 24.3 Å². The first-order valence-electron chi connectivity index (χ1n) is 7.32. The van der Waals surface area contributed by atoms with Crippen LogP contribution in [0.3, 0.4) is 0 Å². The van der Waals surface area contributed by atoms with Crippen LogP contribution in [0.4, 0.5) is 0 Å². The fraction of sp³-hybridized carbons (Fsp3) is 0.500. The number of aliphatic hydroxyl groups excluding tert-OH is 1. The van der Waals surface area contributed by atoms with Crippen molar-refractivity contribution >= 4 is 23.4 Å². The Bertz CT molecular complexity index is 503. The number of carbonyl (C=O) groups is 2. The zero-order chi connectivity index (χ0) is 16.7. The molecule has 0 aromatic heterocycles. The van der Waals surface area contributed by atoms with Gasteiger partial charge in [-0.1, -0.05) is 25.4 Å². The molecule has 1 aromatic carbocycles. The lowest BCUT2D eigenvalue weighted by atomic mass is 10.0. The van der Waals surface area contributed by atoms with Crippen LogP contribution in [-0.4, -0.2) is 35.6 Å². The molecule has 0 aliphatic rings. The number of amides is 2. The summed E-state index contributed by atoms with van der Waals surface area (Å²) in [5, 5.41) is 15.0. The van der Waals surface area contributed by atoms with Gasteiger partial charge in [0, 0.05) is 23.2 Å². The molecule has 0 heterocycles. The van der Waals surface area contributed by atoms with Gasteiger partial charge in [0.25, 0.3) is 5.91 Å². The lowest BCUT2D eigenvalue weighted by molar-refractivity contribution is -0.124. The molecule has 0 radical (unpaired) electrons. The van der Waals surface area contributed by atoms with E-state index < -0.39 is 6.04 Å². The normalized spacial score (nSPS) is 13.5. The molecule has 5 nitrogen and oxygen atoms in total. The van der Waals surface area contributed by atoms with E-state index in [4.69, 9.17) is 16.7 Å². The number of halogens is 1. The molecule has 0 aliphatic carbocycles. The molecule has 2 atom stereocenters. The van der Waals surface area contributed by atoms with Crippen molar-refractivity contribution in [1.82, 2.24) is 10.6 Å². The van der Waals surface area contributed by atoms with E-state index in [1.54, 1.807) is 24.3 Å². The molecule has 3 N–H and O–H groups in total. The first-order valence-corrected chi connectivity index (χ1v) is 7.70. The first-order chi connectivity index (χ1) is 10.3. The number of nitrogens with one attached hydrogen (secondary N) is 2. The molecule has 0 spiro atoms. The van der Waals surface area contributed by atoms with Gasteiger partial charge in [0.2, 0.25) is 5.91 Å². The van der Waals surface area contributed by atoms with Crippen LogP contribution in [0, 0.1) is 5.92 Å². The molecule has 0 saturated carbocycles. The Morgan fingerprint density at radius 2 is 1.73 bits per heavy atom. The molecule has 1 rings (SSSR count). The summed E-state index contributed by atoms with van der Waals surface area (Å²) in [6.45, 7) is 5.55. The summed E-state index contributed by atoms with van der Waals surface area (Å²) in [6.07, 6.45) is 0.474. The van der Waals surface area contributed by atoms with Crippen LogP contribution in [-0.2, 0) is 4.79 Å². The van der Waals surface area contributed by atoms with E-state index in [1.807, 2.05) is 20.8 Å². The van der Waals surface area contributed by atoms with Crippen LogP contribution < -0.4 is 10.6 Å². The molecule has 122 valence electrons. The Kier molecular flexibility index (Phi) is 7.35. The third-order valence-corrected chi connectivity index (χ3v) is 3.54. The average molecular weight is 327 g/mol. The van der Waals surface area contributed by atoms with Gasteiger partial charge in [0.1, 0.15) is 6.04 Å². The molecule has 0 saturated heterocycles. The first kappa shape index (κ1) is 18.5. The number of rotatable bonds is 7. The molecular weight excluding hydrogens is 304 g/mol. The zero-order valence-corrected chi connectivity index (χ0v) is 13.9. The van der Waals surface area contributed by atoms with E-state index in [0.29, 0.717) is 17.0 Å². The quantitative estimate of drug-likeness (QED) is 0.717. The predicted molar refractivity (Wildman–Crippen MR) is 86.9 cm³/mol. The molecule has 0 aliphatic heterocycles. The second-order valence-electron chi connectivity index (χ2n) is 5.62. The topological polar surface area (TPSA) is 78.4 Å². The maximum atomic E-state index is 12.3. The second-order valence-corrected chi connectivity index (χ2v) is 6.06. The van der Waals surface area contributed by atoms with Crippen LogP contribution in [0.1, 0.15) is 37.6 Å². The SMILES string of the molecule is CC(CCO)NC(=O)C(NC(=O)c1ccc(Cl)cc1)C(C)C.